The molecule has 1 atom stereocenters. The van der Waals surface area contributed by atoms with Crippen LogP contribution in [0.3, 0.4) is 0 Å². The maximum Gasteiger partial charge on any atom is 0.258 e. The number of rotatable bonds is 2. The Morgan fingerprint density at radius 3 is 1.87 bits per heavy atom. The summed E-state index contributed by atoms with van der Waals surface area (Å²) in [5, 5.41) is 0. The molecule has 3 rings (SSSR count). The average Bonchev–Trinajstić information content (AvgIpc) is 3.01. The molecule has 0 fully saturated rings. The van der Waals surface area contributed by atoms with Crippen molar-refractivity contribution in [2.24, 2.45) is 0 Å². The Bertz CT molecular complexity index is 755. The molecule has 6 nitrogen and oxygen atoms in total. The number of carbonyl (C=O) groups excluding carboxylic acids is 4. The third-order valence-electron chi connectivity index (χ3n) is 3.84. The van der Waals surface area contributed by atoms with Gasteiger partial charge in [0.25, 0.3) is 23.6 Å². The van der Waals surface area contributed by atoms with Crippen molar-refractivity contribution in [3.8, 4) is 0 Å². The van der Waals surface area contributed by atoms with Crippen molar-refractivity contribution in [3.63, 3.8) is 0 Å². The summed E-state index contributed by atoms with van der Waals surface area (Å²) in [5.41, 5.74) is 2.02. The monoisotopic (exact) mass is 310 g/mol. The third-order valence-corrected chi connectivity index (χ3v) is 3.84. The van der Waals surface area contributed by atoms with Crippen LogP contribution in [0.25, 0.3) is 0 Å². The van der Waals surface area contributed by atoms with Crippen molar-refractivity contribution in [2.75, 3.05) is 0 Å². The van der Waals surface area contributed by atoms with E-state index >= 15 is 0 Å². The molecule has 0 aromatic heterocycles. The first-order valence-electron chi connectivity index (χ1n) is 7.09. The Kier molecular flexibility index (Phi) is 3.44. The lowest BCUT2D eigenvalue weighted by molar-refractivity contribution is -0.138. The van der Waals surface area contributed by atoms with Gasteiger partial charge in [0.05, 0.1) is 11.7 Å². The van der Waals surface area contributed by atoms with Crippen molar-refractivity contribution in [3.05, 3.63) is 59.4 Å². The highest BCUT2D eigenvalue weighted by molar-refractivity contribution is 6.15. The minimum atomic E-state index is -0.542. The molecule has 0 aromatic rings. The Morgan fingerprint density at radius 2 is 1.35 bits per heavy atom. The van der Waals surface area contributed by atoms with E-state index < -0.39 is 17.9 Å². The SMILES string of the molecule is CC(C)=C1C=C(N2C(=O)C=CC2=O)C=CC1N1C(=O)C=CC1=O. The summed E-state index contributed by atoms with van der Waals surface area (Å²) in [6.07, 6.45) is 9.79. The second-order valence-corrected chi connectivity index (χ2v) is 5.55. The molecule has 2 aliphatic heterocycles. The van der Waals surface area contributed by atoms with E-state index in [1.165, 1.54) is 24.3 Å². The molecule has 6 heteroatoms. The minimum absolute atomic E-state index is 0.379. The molecule has 0 N–H and O–H groups in total. The number of imide groups is 2. The summed E-state index contributed by atoms with van der Waals surface area (Å²) >= 11 is 0. The van der Waals surface area contributed by atoms with Gasteiger partial charge in [0.15, 0.2) is 0 Å². The van der Waals surface area contributed by atoms with Crippen molar-refractivity contribution in [1.82, 2.24) is 9.80 Å². The zero-order valence-electron chi connectivity index (χ0n) is 12.6. The molecule has 0 saturated heterocycles. The molecule has 0 spiro atoms. The summed E-state index contributed by atoms with van der Waals surface area (Å²) in [7, 11) is 0. The van der Waals surface area contributed by atoms with Crippen molar-refractivity contribution in [2.45, 2.75) is 19.9 Å². The minimum Gasteiger partial charge on any atom is -0.269 e. The van der Waals surface area contributed by atoms with Gasteiger partial charge in [-0.3, -0.25) is 24.1 Å². The van der Waals surface area contributed by atoms with Gasteiger partial charge in [0, 0.05) is 24.3 Å². The van der Waals surface area contributed by atoms with Crippen LogP contribution in [0.5, 0.6) is 0 Å². The maximum atomic E-state index is 11.9. The van der Waals surface area contributed by atoms with Crippen LogP contribution in [-0.4, -0.2) is 39.5 Å². The molecule has 0 radical (unpaired) electrons. The lowest BCUT2D eigenvalue weighted by Crippen LogP contribution is -2.41. The largest absolute Gasteiger partial charge is 0.269 e. The first-order chi connectivity index (χ1) is 10.9. The van der Waals surface area contributed by atoms with Gasteiger partial charge in [-0.05, 0) is 31.6 Å². The quantitative estimate of drug-likeness (QED) is 0.713. The highest BCUT2D eigenvalue weighted by Gasteiger charge is 2.35. The van der Waals surface area contributed by atoms with E-state index in [9.17, 15) is 19.2 Å². The second kappa shape index (κ2) is 5.31. The third kappa shape index (κ3) is 2.38. The zero-order valence-corrected chi connectivity index (χ0v) is 12.6. The van der Waals surface area contributed by atoms with Crippen LogP contribution < -0.4 is 0 Å². The summed E-state index contributed by atoms with van der Waals surface area (Å²) < 4.78 is 0. The summed E-state index contributed by atoms with van der Waals surface area (Å²) in [6, 6.07) is -0.542. The van der Waals surface area contributed by atoms with Crippen LogP contribution >= 0.6 is 0 Å². The number of hydrogen-bond donors (Lipinski definition) is 0. The molecule has 0 saturated carbocycles. The fourth-order valence-electron chi connectivity index (χ4n) is 2.73. The highest BCUT2D eigenvalue weighted by Crippen LogP contribution is 2.28. The van der Waals surface area contributed by atoms with Gasteiger partial charge >= 0.3 is 0 Å². The van der Waals surface area contributed by atoms with Gasteiger partial charge < -0.3 is 0 Å². The van der Waals surface area contributed by atoms with Gasteiger partial charge in [-0.25, -0.2) is 4.90 Å². The Hall–Kier alpha value is -3.02. The molecule has 0 bridgehead atoms. The van der Waals surface area contributed by atoms with Gasteiger partial charge in [0.1, 0.15) is 0 Å². The molecule has 4 amide bonds. The molecule has 2 heterocycles. The predicted octanol–water partition coefficient (Wildman–Crippen LogP) is 0.995. The fraction of sp³-hybridized carbons (Fsp3) is 0.176. The number of nitrogens with zero attached hydrogens (tertiary/aromatic N) is 2. The van der Waals surface area contributed by atoms with Crippen LogP contribution in [0.2, 0.25) is 0 Å². The van der Waals surface area contributed by atoms with Gasteiger partial charge in [-0.15, -0.1) is 0 Å². The molecule has 1 unspecified atom stereocenters. The summed E-state index contributed by atoms with van der Waals surface area (Å²) in [6.45, 7) is 3.69. The maximum absolute atomic E-state index is 11.9. The molecule has 1 aliphatic carbocycles. The van der Waals surface area contributed by atoms with E-state index in [0.29, 0.717) is 11.3 Å². The number of carbonyl (C=O) groups is 4. The van der Waals surface area contributed by atoms with Crippen molar-refractivity contribution in [1.29, 1.82) is 0 Å². The molecule has 0 aromatic carbocycles. The Balaban J connectivity index is 1.97. The van der Waals surface area contributed by atoms with E-state index in [0.717, 1.165) is 15.4 Å². The van der Waals surface area contributed by atoms with Crippen LogP contribution in [0.1, 0.15) is 13.8 Å². The van der Waals surface area contributed by atoms with Crippen LogP contribution in [-0.2, 0) is 19.2 Å². The van der Waals surface area contributed by atoms with Crippen LogP contribution in [0, 0.1) is 0 Å². The molecular weight excluding hydrogens is 296 g/mol. The number of hydrogen-bond acceptors (Lipinski definition) is 4. The average molecular weight is 310 g/mol. The van der Waals surface area contributed by atoms with E-state index in [-0.39, 0.29) is 11.8 Å². The normalized spacial score (nSPS) is 23.5. The van der Waals surface area contributed by atoms with E-state index in [2.05, 4.69) is 0 Å². The lowest BCUT2D eigenvalue weighted by Gasteiger charge is -2.30. The smallest absolute Gasteiger partial charge is 0.258 e. The summed E-state index contributed by atoms with van der Waals surface area (Å²) in [4.78, 5) is 49.6. The van der Waals surface area contributed by atoms with Gasteiger partial charge in [-0.1, -0.05) is 11.6 Å². The first-order valence-corrected chi connectivity index (χ1v) is 7.09. The van der Waals surface area contributed by atoms with E-state index in [1.807, 2.05) is 13.8 Å². The Morgan fingerprint density at radius 1 is 0.826 bits per heavy atom. The highest BCUT2D eigenvalue weighted by atomic mass is 16.2. The predicted molar refractivity (Wildman–Crippen MR) is 81.4 cm³/mol. The van der Waals surface area contributed by atoms with E-state index in [4.69, 9.17) is 0 Å². The van der Waals surface area contributed by atoms with Crippen LogP contribution in [0.15, 0.2) is 59.4 Å². The van der Waals surface area contributed by atoms with Gasteiger partial charge in [-0.2, -0.15) is 0 Å². The standard InChI is InChI=1S/C17H14N2O4/c1-10(2)12-9-11(18-14(20)5-6-15(18)21)3-4-13(12)19-16(22)7-8-17(19)23/h3-9,13H,1-2H3. The zero-order chi connectivity index (χ0) is 16.7. The van der Waals surface area contributed by atoms with Crippen LogP contribution in [0.4, 0.5) is 0 Å². The first kappa shape index (κ1) is 14.9. The molecular formula is C17H14N2O4. The number of amides is 4. The lowest BCUT2D eigenvalue weighted by atomic mass is 9.94. The van der Waals surface area contributed by atoms with E-state index in [1.54, 1.807) is 18.2 Å². The number of allylic oxidation sites excluding steroid dienone is 2. The fourth-order valence-corrected chi connectivity index (χ4v) is 2.73. The van der Waals surface area contributed by atoms with Crippen molar-refractivity contribution >= 4 is 23.6 Å². The molecule has 116 valence electrons. The van der Waals surface area contributed by atoms with Crippen molar-refractivity contribution < 1.29 is 19.2 Å². The van der Waals surface area contributed by atoms with Gasteiger partial charge in [0.2, 0.25) is 0 Å². The molecule has 3 aliphatic rings. The molecule has 23 heavy (non-hydrogen) atoms. The Labute approximate surface area is 132 Å². The summed E-state index contributed by atoms with van der Waals surface area (Å²) in [5.74, 6) is -1.58. The second-order valence-electron chi connectivity index (χ2n) is 5.55. The topological polar surface area (TPSA) is 74.8 Å².